The Morgan fingerprint density at radius 1 is 1.12 bits per heavy atom. The highest BCUT2D eigenvalue weighted by Gasteiger charge is 2.66. The zero-order chi connectivity index (χ0) is 16.6. The third-order valence-corrected chi connectivity index (χ3v) is 6.89. The summed E-state index contributed by atoms with van der Waals surface area (Å²) in [6, 6.07) is 0. The lowest BCUT2D eigenvalue weighted by atomic mass is 9.63. The predicted octanol–water partition coefficient (Wildman–Crippen LogP) is 1.53. The molecular weight excluding hydrogens is 312 g/mol. The van der Waals surface area contributed by atoms with E-state index in [0.717, 1.165) is 25.7 Å². The Balaban J connectivity index is 1.50. The van der Waals surface area contributed by atoms with Crippen LogP contribution in [0.25, 0.3) is 0 Å². The molecule has 2 saturated carbocycles. The van der Waals surface area contributed by atoms with Crippen LogP contribution in [-0.4, -0.2) is 53.5 Å². The molecule has 6 atom stereocenters. The first-order valence-electron chi connectivity index (χ1n) is 9.30. The van der Waals surface area contributed by atoms with Crippen LogP contribution < -0.4 is 0 Å². The predicted molar refractivity (Wildman–Crippen MR) is 82.0 cm³/mol. The van der Waals surface area contributed by atoms with Gasteiger partial charge in [0, 0.05) is 64.6 Å². The van der Waals surface area contributed by atoms with E-state index in [-0.39, 0.29) is 29.8 Å². The SMILES string of the molecule is CC12O[C@@H]3C[C@@H](CC([C@@H]4CCC(=O)[C@H]4C4(O)CCOCC4)(C3)O1)O2. The van der Waals surface area contributed by atoms with Crippen LogP contribution in [-0.2, 0) is 23.7 Å². The van der Waals surface area contributed by atoms with Gasteiger partial charge < -0.3 is 24.1 Å². The number of hydrogen-bond donors (Lipinski definition) is 1. The molecule has 6 fully saturated rings. The number of carbonyl (C=O) groups excluding carboxylic acids is 1. The Kier molecular flexibility index (Phi) is 3.28. The van der Waals surface area contributed by atoms with E-state index in [1.807, 2.05) is 6.92 Å². The largest absolute Gasteiger partial charge is 0.389 e. The second kappa shape index (κ2) is 5.01. The molecule has 6 heteroatoms. The van der Waals surface area contributed by atoms with Crippen molar-refractivity contribution in [1.82, 2.24) is 0 Å². The molecule has 24 heavy (non-hydrogen) atoms. The number of aliphatic hydroxyl groups is 1. The van der Waals surface area contributed by atoms with E-state index >= 15 is 0 Å². The second-order valence-corrected chi connectivity index (χ2v) is 8.46. The van der Waals surface area contributed by atoms with Gasteiger partial charge in [-0.1, -0.05) is 0 Å². The summed E-state index contributed by atoms with van der Waals surface area (Å²) < 4.78 is 23.6. The van der Waals surface area contributed by atoms with E-state index in [9.17, 15) is 9.90 Å². The van der Waals surface area contributed by atoms with Crippen molar-refractivity contribution in [1.29, 1.82) is 0 Å². The summed E-state index contributed by atoms with van der Waals surface area (Å²) in [7, 11) is 0. The molecule has 1 N–H and O–H groups in total. The molecule has 4 bridgehead atoms. The minimum Gasteiger partial charge on any atom is -0.389 e. The number of rotatable bonds is 2. The smallest absolute Gasteiger partial charge is 0.280 e. The van der Waals surface area contributed by atoms with Crippen LogP contribution in [0.3, 0.4) is 0 Å². The first-order chi connectivity index (χ1) is 11.4. The average molecular weight is 338 g/mol. The first-order valence-corrected chi connectivity index (χ1v) is 9.30. The molecule has 4 aliphatic heterocycles. The van der Waals surface area contributed by atoms with Gasteiger partial charge in [-0.25, -0.2) is 0 Å². The molecule has 6 aliphatic rings. The normalized spacial score (nSPS) is 52.8. The molecule has 2 aliphatic carbocycles. The standard InChI is InChI=1S/C18H26O6/c1-16-22-11-8-12(23-16)10-18(9-11,24-16)13-2-3-14(19)15(13)17(20)4-6-21-7-5-17/h11-13,15,20H,2-10H2,1H3/t11-,12+,13-,15+,16?,18?/m1/s1. The van der Waals surface area contributed by atoms with Gasteiger partial charge in [0.25, 0.3) is 5.97 Å². The molecule has 0 spiro atoms. The van der Waals surface area contributed by atoms with E-state index in [1.165, 1.54) is 0 Å². The summed E-state index contributed by atoms with van der Waals surface area (Å²) in [5.74, 6) is -1.10. The molecule has 4 heterocycles. The molecule has 4 saturated heterocycles. The third kappa shape index (κ3) is 2.16. The maximum Gasteiger partial charge on any atom is 0.280 e. The average Bonchev–Trinajstić information content (AvgIpc) is 2.89. The van der Waals surface area contributed by atoms with Gasteiger partial charge in [-0.15, -0.1) is 0 Å². The van der Waals surface area contributed by atoms with E-state index in [1.54, 1.807) is 0 Å². The van der Waals surface area contributed by atoms with Gasteiger partial charge in [0.15, 0.2) is 0 Å². The van der Waals surface area contributed by atoms with Gasteiger partial charge in [0.1, 0.15) is 5.78 Å². The summed E-state index contributed by atoms with van der Waals surface area (Å²) in [6.45, 7) is 2.89. The van der Waals surface area contributed by atoms with Crippen LogP contribution in [0.4, 0.5) is 0 Å². The van der Waals surface area contributed by atoms with Crippen molar-refractivity contribution < 1.29 is 28.8 Å². The summed E-state index contributed by atoms with van der Waals surface area (Å²) in [4.78, 5) is 12.7. The van der Waals surface area contributed by atoms with Crippen LogP contribution >= 0.6 is 0 Å². The van der Waals surface area contributed by atoms with Crippen molar-refractivity contribution in [3.63, 3.8) is 0 Å². The molecule has 0 amide bonds. The Hall–Kier alpha value is -0.530. The highest BCUT2D eigenvalue weighted by molar-refractivity contribution is 5.85. The summed E-state index contributed by atoms with van der Waals surface area (Å²) >= 11 is 0. The minimum atomic E-state index is -0.988. The van der Waals surface area contributed by atoms with E-state index in [2.05, 4.69) is 0 Å². The summed E-state index contributed by atoms with van der Waals surface area (Å²) in [5.41, 5.74) is -1.35. The van der Waals surface area contributed by atoms with E-state index in [4.69, 9.17) is 18.9 Å². The van der Waals surface area contributed by atoms with Gasteiger partial charge in [-0.2, -0.15) is 0 Å². The lowest BCUT2D eigenvalue weighted by Gasteiger charge is -2.62. The van der Waals surface area contributed by atoms with Crippen molar-refractivity contribution in [2.24, 2.45) is 11.8 Å². The Morgan fingerprint density at radius 2 is 1.79 bits per heavy atom. The topological polar surface area (TPSA) is 74.2 Å². The van der Waals surface area contributed by atoms with Crippen LogP contribution in [0.2, 0.25) is 0 Å². The first kappa shape index (κ1) is 15.7. The van der Waals surface area contributed by atoms with Crippen molar-refractivity contribution in [2.75, 3.05) is 13.2 Å². The quantitative estimate of drug-likeness (QED) is 0.823. The maximum atomic E-state index is 12.7. The van der Waals surface area contributed by atoms with Crippen molar-refractivity contribution >= 4 is 5.78 Å². The Morgan fingerprint density at radius 3 is 2.42 bits per heavy atom. The molecule has 6 nitrogen and oxygen atoms in total. The Labute approximate surface area is 141 Å². The van der Waals surface area contributed by atoms with Gasteiger partial charge >= 0.3 is 0 Å². The second-order valence-electron chi connectivity index (χ2n) is 8.46. The van der Waals surface area contributed by atoms with Crippen molar-refractivity contribution in [2.45, 2.75) is 81.3 Å². The maximum absolute atomic E-state index is 12.7. The number of ketones is 1. The van der Waals surface area contributed by atoms with Gasteiger partial charge in [-0.05, 0) is 6.42 Å². The monoisotopic (exact) mass is 338 g/mol. The molecule has 0 radical (unpaired) electrons. The summed E-state index contributed by atoms with van der Waals surface area (Å²) in [6.07, 6.45) is 5.20. The Bertz CT molecular complexity index is 540. The highest BCUT2D eigenvalue weighted by atomic mass is 16.9. The van der Waals surface area contributed by atoms with Crippen molar-refractivity contribution in [3.05, 3.63) is 0 Å². The number of Topliss-reactive ketones (excluding diaryl/α,β-unsaturated/α-hetero) is 1. The summed E-state index contributed by atoms with van der Waals surface area (Å²) in [5, 5.41) is 11.3. The molecule has 134 valence electrons. The molecular formula is C18H26O6. The lowest BCUT2D eigenvalue weighted by Crippen LogP contribution is -2.69. The van der Waals surface area contributed by atoms with E-state index < -0.39 is 17.2 Å². The zero-order valence-electron chi connectivity index (χ0n) is 14.2. The van der Waals surface area contributed by atoms with Crippen LogP contribution in [0.5, 0.6) is 0 Å². The van der Waals surface area contributed by atoms with Crippen LogP contribution in [0.1, 0.15) is 51.9 Å². The van der Waals surface area contributed by atoms with Gasteiger partial charge in [0.05, 0.1) is 29.3 Å². The van der Waals surface area contributed by atoms with Crippen LogP contribution in [0, 0.1) is 11.8 Å². The fourth-order valence-corrected chi connectivity index (χ4v) is 6.13. The number of carbonyl (C=O) groups is 1. The molecule has 0 aromatic rings. The highest BCUT2D eigenvalue weighted by Crippen LogP contribution is 2.58. The fraction of sp³-hybridized carbons (Fsp3) is 0.944. The van der Waals surface area contributed by atoms with Crippen molar-refractivity contribution in [3.8, 4) is 0 Å². The van der Waals surface area contributed by atoms with Gasteiger partial charge in [-0.3, -0.25) is 4.79 Å². The van der Waals surface area contributed by atoms with E-state index in [0.29, 0.717) is 32.5 Å². The zero-order valence-corrected chi connectivity index (χ0v) is 14.2. The fourth-order valence-electron chi connectivity index (χ4n) is 6.13. The molecule has 2 unspecified atom stereocenters. The lowest BCUT2D eigenvalue weighted by molar-refractivity contribution is -0.515. The molecule has 0 aromatic carbocycles. The van der Waals surface area contributed by atoms with Gasteiger partial charge in [0.2, 0.25) is 0 Å². The molecule has 0 aromatic heterocycles. The number of hydrogen-bond acceptors (Lipinski definition) is 6. The molecule has 6 rings (SSSR count). The number of ether oxygens (including phenoxy) is 4. The minimum absolute atomic E-state index is 0.0468. The van der Waals surface area contributed by atoms with Crippen LogP contribution in [0.15, 0.2) is 0 Å². The third-order valence-electron chi connectivity index (χ3n) is 6.89.